The molecule has 3 rings (SSSR count). The van der Waals surface area contributed by atoms with Gasteiger partial charge in [-0.15, -0.1) is 0 Å². The van der Waals surface area contributed by atoms with E-state index >= 15 is 0 Å². The van der Waals surface area contributed by atoms with Crippen molar-refractivity contribution in [3.8, 4) is 5.75 Å². The fraction of sp³-hybridized carbons (Fsp3) is 0.381. The highest BCUT2D eigenvalue weighted by Gasteiger charge is 2.12. The van der Waals surface area contributed by atoms with E-state index in [1.807, 2.05) is 31.2 Å². The molecule has 5 nitrogen and oxygen atoms in total. The number of carbonyl (C=O) groups is 1. The summed E-state index contributed by atoms with van der Waals surface area (Å²) in [5.74, 6) is 0.865. The molecule has 2 amide bonds. The minimum atomic E-state index is -0.219. The smallest absolute Gasteiger partial charge is 0.319 e. The zero-order valence-electron chi connectivity index (χ0n) is 15.5. The molecule has 0 spiro atoms. The Balaban J connectivity index is 1.40. The highest BCUT2D eigenvalue weighted by molar-refractivity contribution is 5.89. The molecule has 1 heterocycles. The summed E-state index contributed by atoms with van der Waals surface area (Å²) in [5.41, 5.74) is 4.34. The normalized spacial score (nSPS) is 13.5. The van der Waals surface area contributed by atoms with Crippen LogP contribution in [0.25, 0.3) is 0 Å². The zero-order chi connectivity index (χ0) is 18.4. The van der Waals surface area contributed by atoms with Crippen molar-refractivity contribution in [2.75, 3.05) is 36.5 Å². The van der Waals surface area contributed by atoms with Crippen LogP contribution in [0.1, 0.15) is 24.0 Å². The minimum Gasteiger partial charge on any atom is -0.491 e. The number of rotatable bonds is 6. The van der Waals surface area contributed by atoms with Gasteiger partial charge in [0.25, 0.3) is 0 Å². The monoisotopic (exact) mass is 353 g/mol. The SMILES string of the molecule is Cc1cccc(OCCNC(=O)Nc2ccc(N3CCCC3)cc2)c1C. The van der Waals surface area contributed by atoms with Gasteiger partial charge >= 0.3 is 6.03 Å². The van der Waals surface area contributed by atoms with Crippen molar-refractivity contribution in [1.82, 2.24) is 5.32 Å². The molecule has 2 aromatic carbocycles. The Labute approximate surface area is 155 Å². The molecule has 2 aromatic rings. The molecule has 138 valence electrons. The second-order valence-corrected chi connectivity index (χ2v) is 6.67. The third kappa shape index (κ3) is 4.69. The maximum Gasteiger partial charge on any atom is 0.319 e. The van der Waals surface area contributed by atoms with Crippen LogP contribution < -0.4 is 20.3 Å². The van der Waals surface area contributed by atoms with Gasteiger partial charge in [0.05, 0.1) is 6.54 Å². The van der Waals surface area contributed by atoms with Crippen LogP contribution in [0.5, 0.6) is 5.75 Å². The first kappa shape index (κ1) is 18.1. The third-order valence-corrected chi connectivity index (χ3v) is 4.80. The number of anilines is 2. The van der Waals surface area contributed by atoms with Gasteiger partial charge in [0.1, 0.15) is 12.4 Å². The van der Waals surface area contributed by atoms with E-state index in [9.17, 15) is 4.79 Å². The molecule has 0 aliphatic carbocycles. The Morgan fingerprint density at radius 2 is 1.81 bits per heavy atom. The molecule has 5 heteroatoms. The first-order valence-electron chi connectivity index (χ1n) is 9.22. The second kappa shape index (κ2) is 8.61. The highest BCUT2D eigenvalue weighted by Crippen LogP contribution is 2.22. The number of carbonyl (C=O) groups excluding carboxylic acids is 1. The number of ether oxygens (including phenoxy) is 1. The maximum absolute atomic E-state index is 12.0. The van der Waals surface area contributed by atoms with Crippen LogP contribution in [0.2, 0.25) is 0 Å². The van der Waals surface area contributed by atoms with Gasteiger partial charge in [0.2, 0.25) is 0 Å². The lowest BCUT2D eigenvalue weighted by Gasteiger charge is -2.17. The summed E-state index contributed by atoms with van der Waals surface area (Å²) < 4.78 is 5.74. The average Bonchev–Trinajstić information content (AvgIpc) is 3.17. The summed E-state index contributed by atoms with van der Waals surface area (Å²) in [6.07, 6.45) is 2.51. The Morgan fingerprint density at radius 1 is 1.08 bits per heavy atom. The van der Waals surface area contributed by atoms with Gasteiger partial charge in [-0.25, -0.2) is 4.79 Å². The van der Waals surface area contributed by atoms with Crippen LogP contribution in [0.4, 0.5) is 16.2 Å². The fourth-order valence-electron chi connectivity index (χ4n) is 3.11. The van der Waals surface area contributed by atoms with Crippen molar-refractivity contribution in [3.05, 3.63) is 53.6 Å². The quantitative estimate of drug-likeness (QED) is 0.769. The first-order chi connectivity index (χ1) is 12.6. The molecule has 1 aliphatic heterocycles. The van der Waals surface area contributed by atoms with Gasteiger partial charge in [0, 0.05) is 24.5 Å². The number of hydrogen-bond donors (Lipinski definition) is 2. The summed E-state index contributed by atoms with van der Waals surface area (Å²) >= 11 is 0. The maximum atomic E-state index is 12.0. The average molecular weight is 353 g/mol. The van der Waals surface area contributed by atoms with Gasteiger partial charge in [-0.3, -0.25) is 0 Å². The van der Waals surface area contributed by atoms with E-state index in [4.69, 9.17) is 4.74 Å². The largest absolute Gasteiger partial charge is 0.491 e. The van der Waals surface area contributed by atoms with Crippen LogP contribution in [-0.4, -0.2) is 32.3 Å². The lowest BCUT2D eigenvalue weighted by atomic mass is 10.1. The molecular weight excluding hydrogens is 326 g/mol. The lowest BCUT2D eigenvalue weighted by molar-refractivity contribution is 0.247. The highest BCUT2D eigenvalue weighted by atomic mass is 16.5. The van der Waals surface area contributed by atoms with Crippen molar-refractivity contribution in [2.45, 2.75) is 26.7 Å². The minimum absolute atomic E-state index is 0.219. The van der Waals surface area contributed by atoms with E-state index in [2.05, 4.69) is 40.7 Å². The third-order valence-electron chi connectivity index (χ3n) is 4.80. The fourth-order valence-corrected chi connectivity index (χ4v) is 3.11. The van der Waals surface area contributed by atoms with Gasteiger partial charge in [-0.2, -0.15) is 0 Å². The Kier molecular flexibility index (Phi) is 6.00. The van der Waals surface area contributed by atoms with E-state index in [-0.39, 0.29) is 6.03 Å². The molecule has 1 saturated heterocycles. The summed E-state index contributed by atoms with van der Waals surface area (Å²) in [6, 6.07) is 13.8. The Morgan fingerprint density at radius 3 is 2.54 bits per heavy atom. The summed E-state index contributed by atoms with van der Waals surface area (Å²) in [6.45, 7) is 7.22. The lowest BCUT2D eigenvalue weighted by Crippen LogP contribution is -2.32. The summed E-state index contributed by atoms with van der Waals surface area (Å²) in [7, 11) is 0. The van der Waals surface area contributed by atoms with E-state index in [1.54, 1.807) is 0 Å². The molecule has 2 N–H and O–H groups in total. The molecule has 0 saturated carbocycles. The van der Waals surface area contributed by atoms with E-state index in [0.29, 0.717) is 13.2 Å². The molecule has 1 aliphatic rings. The number of urea groups is 1. The number of nitrogens with one attached hydrogen (secondary N) is 2. The summed E-state index contributed by atoms with van der Waals surface area (Å²) in [5, 5.41) is 5.67. The van der Waals surface area contributed by atoms with Crippen molar-refractivity contribution >= 4 is 17.4 Å². The van der Waals surface area contributed by atoms with Crippen LogP contribution in [-0.2, 0) is 0 Å². The van der Waals surface area contributed by atoms with Crippen LogP contribution in [0, 0.1) is 13.8 Å². The Bertz CT molecular complexity index is 737. The molecule has 0 aromatic heterocycles. The molecule has 0 radical (unpaired) electrons. The zero-order valence-corrected chi connectivity index (χ0v) is 15.5. The van der Waals surface area contributed by atoms with E-state index in [1.165, 1.54) is 24.1 Å². The van der Waals surface area contributed by atoms with Crippen LogP contribution in [0.15, 0.2) is 42.5 Å². The number of nitrogens with zero attached hydrogens (tertiary/aromatic N) is 1. The van der Waals surface area contributed by atoms with E-state index < -0.39 is 0 Å². The standard InChI is InChI=1S/C21H27N3O2/c1-16-6-5-7-20(17(16)2)26-15-12-22-21(25)23-18-8-10-19(11-9-18)24-13-3-4-14-24/h5-11H,3-4,12-15H2,1-2H3,(H2,22,23,25). The predicted molar refractivity (Wildman–Crippen MR) is 106 cm³/mol. The summed E-state index contributed by atoms with van der Waals surface area (Å²) in [4.78, 5) is 14.4. The van der Waals surface area contributed by atoms with Gasteiger partial charge in [0.15, 0.2) is 0 Å². The van der Waals surface area contributed by atoms with Crippen molar-refractivity contribution in [1.29, 1.82) is 0 Å². The Hall–Kier alpha value is -2.69. The van der Waals surface area contributed by atoms with Gasteiger partial charge in [-0.1, -0.05) is 12.1 Å². The molecule has 1 fully saturated rings. The molecule has 0 bridgehead atoms. The van der Waals surface area contributed by atoms with E-state index in [0.717, 1.165) is 30.1 Å². The number of aryl methyl sites for hydroxylation is 1. The van der Waals surface area contributed by atoms with Crippen LogP contribution in [0.3, 0.4) is 0 Å². The molecule has 0 unspecified atom stereocenters. The van der Waals surface area contributed by atoms with Gasteiger partial charge in [-0.05, 0) is 68.1 Å². The topological polar surface area (TPSA) is 53.6 Å². The number of hydrogen-bond acceptors (Lipinski definition) is 3. The molecular formula is C21H27N3O2. The van der Waals surface area contributed by atoms with Crippen molar-refractivity contribution in [2.24, 2.45) is 0 Å². The molecule has 26 heavy (non-hydrogen) atoms. The number of amides is 2. The first-order valence-corrected chi connectivity index (χ1v) is 9.22. The predicted octanol–water partition coefficient (Wildman–Crippen LogP) is 4.10. The second-order valence-electron chi connectivity index (χ2n) is 6.67. The molecule has 0 atom stereocenters. The number of benzene rings is 2. The van der Waals surface area contributed by atoms with Crippen molar-refractivity contribution < 1.29 is 9.53 Å². The van der Waals surface area contributed by atoms with Crippen LogP contribution >= 0.6 is 0 Å². The van der Waals surface area contributed by atoms with Crippen molar-refractivity contribution in [3.63, 3.8) is 0 Å². The van der Waals surface area contributed by atoms with Gasteiger partial charge < -0.3 is 20.3 Å².